The molecule has 5 heteroatoms. The van der Waals surface area contributed by atoms with E-state index >= 15 is 0 Å². The summed E-state index contributed by atoms with van der Waals surface area (Å²) in [7, 11) is 0. The van der Waals surface area contributed by atoms with Crippen LogP contribution in [0.15, 0.2) is 42.0 Å². The van der Waals surface area contributed by atoms with Crippen molar-refractivity contribution in [2.45, 2.75) is 13.8 Å². The second-order valence-corrected chi connectivity index (χ2v) is 4.99. The van der Waals surface area contributed by atoms with Gasteiger partial charge in [-0.25, -0.2) is 0 Å². The lowest BCUT2D eigenvalue weighted by molar-refractivity contribution is -0.113. The summed E-state index contributed by atoms with van der Waals surface area (Å²) in [6.45, 7) is 3.74. The summed E-state index contributed by atoms with van der Waals surface area (Å²) in [5.74, 6) is -0.472. The van der Waals surface area contributed by atoms with E-state index in [0.717, 1.165) is 11.4 Å². The van der Waals surface area contributed by atoms with E-state index in [2.05, 4.69) is 5.43 Å². The minimum Gasteiger partial charge on any atom is -0.267 e. The van der Waals surface area contributed by atoms with Gasteiger partial charge >= 0.3 is 0 Å². The number of nitriles is 1. The number of hydrogen-bond acceptors (Lipinski definition) is 2. The van der Waals surface area contributed by atoms with Crippen molar-refractivity contribution in [2.24, 2.45) is 0 Å². The molecule has 0 saturated carbocycles. The van der Waals surface area contributed by atoms with Gasteiger partial charge in [0.1, 0.15) is 11.6 Å². The maximum atomic E-state index is 12.2. The second kappa shape index (κ2) is 6.29. The summed E-state index contributed by atoms with van der Waals surface area (Å²) >= 11 is 6.03. The van der Waals surface area contributed by atoms with Gasteiger partial charge in [0.05, 0.1) is 0 Å². The molecule has 0 spiro atoms. The van der Waals surface area contributed by atoms with Gasteiger partial charge in [-0.2, -0.15) is 5.26 Å². The fraction of sp³-hybridized carbons (Fsp3) is 0.125. The van der Waals surface area contributed by atoms with Gasteiger partial charge in [-0.15, -0.1) is 0 Å². The monoisotopic (exact) mass is 299 g/mol. The number of aromatic nitrogens is 1. The molecule has 0 unspecified atom stereocenters. The number of rotatable bonds is 3. The Balaban J connectivity index is 2.28. The molecule has 1 N–H and O–H groups in total. The second-order valence-electron chi connectivity index (χ2n) is 4.58. The molecule has 1 amide bonds. The van der Waals surface area contributed by atoms with Gasteiger partial charge < -0.3 is 0 Å². The summed E-state index contributed by atoms with van der Waals surface area (Å²) in [6, 6.07) is 12.7. The molecule has 1 aromatic carbocycles. The maximum Gasteiger partial charge on any atom is 0.280 e. The first kappa shape index (κ1) is 14.9. The van der Waals surface area contributed by atoms with E-state index in [9.17, 15) is 10.1 Å². The van der Waals surface area contributed by atoms with Gasteiger partial charge in [-0.3, -0.25) is 14.9 Å². The Labute approximate surface area is 128 Å². The van der Waals surface area contributed by atoms with Crippen molar-refractivity contribution in [3.63, 3.8) is 0 Å². The predicted octanol–water partition coefficient (Wildman–Crippen LogP) is 3.44. The third-order valence-electron chi connectivity index (χ3n) is 3.05. The summed E-state index contributed by atoms with van der Waals surface area (Å²) in [5.41, 5.74) is 5.09. The van der Waals surface area contributed by atoms with Crippen LogP contribution in [0.4, 0.5) is 0 Å². The van der Waals surface area contributed by atoms with Crippen molar-refractivity contribution >= 4 is 23.6 Å². The van der Waals surface area contributed by atoms with Gasteiger partial charge in [-0.05, 0) is 43.7 Å². The summed E-state index contributed by atoms with van der Waals surface area (Å²) in [6.07, 6.45) is 1.48. The molecule has 106 valence electrons. The molecule has 4 nitrogen and oxygen atoms in total. The molecule has 0 radical (unpaired) electrons. The zero-order valence-corrected chi connectivity index (χ0v) is 12.5. The fourth-order valence-electron chi connectivity index (χ4n) is 1.90. The van der Waals surface area contributed by atoms with Gasteiger partial charge in [0.25, 0.3) is 5.91 Å². The number of amides is 1. The number of benzene rings is 1. The molecular formula is C16H14ClN3O. The minimum absolute atomic E-state index is 0.00407. The Kier molecular flexibility index (Phi) is 4.46. The van der Waals surface area contributed by atoms with Crippen molar-refractivity contribution in [1.29, 1.82) is 5.26 Å². The third kappa shape index (κ3) is 3.33. The topological polar surface area (TPSA) is 57.8 Å². The van der Waals surface area contributed by atoms with Crippen LogP contribution in [-0.2, 0) is 4.79 Å². The van der Waals surface area contributed by atoms with Crippen LogP contribution in [0.2, 0.25) is 5.02 Å². The first-order valence-corrected chi connectivity index (χ1v) is 6.73. The average Bonchev–Trinajstić information content (AvgIpc) is 2.78. The average molecular weight is 300 g/mol. The largest absolute Gasteiger partial charge is 0.280 e. The Morgan fingerprint density at radius 1 is 1.24 bits per heavy atom. The quantitative estimate of drug-likeness (QED) is 0.697. The van der Waals surface area contributed by atoms with Crippen LogP contribution >= 0.6 is 11.6 Å². The number of aryl methyl sites for hydroxylation is 2. The number of carbonyl (C=O) groups excluding carboxylic acids is 1. The van der Waals surface area contributed by atoms with Crippen LogP contribution in [0.25, 0.3) is 6.08 Å². The van der Waals surface area contributed by atoms with Gasteiger partial charge in [0, 0.05) is 16.4 Å². The first-order chi connectivity index (χ1) is 10.0. The molecular weight excluding hydrogens is 286 g/mol. The van der Waals surface area contributed by atoms with E-state index in [1.807, 2.05) is 32.0 Å². The lowest BCUT2D eigenvalue weighted by atomic mass is 10.1. The van der Waals surface area contributed by atoms with E-state index in [1.54, 1.807) is 28.9 Å². The third-order valence-corrected chi connectivity index (χ3v) is 3.40. The highest BCUT2D eigenvalue weighted by molar-refractivity contribution is 6.32. The van der Waals surface area contributed by atoms with Gasteiger partial charge in [0.2, 0.25) is 0 Å². The minimum atomic E-state index is -0.472. The lowest BCUT2D eigenvalue weighted by Crippen LogP contribution is -2.25. The zero-order chi connectivity index (χ0) is 15.4. The normalized spacial score (nSPS) is 11.0. The number of halogens is 1. The summed E-state index contributed by atoms with van der Waals surface area (Å²) < 4.78 is 1.64. The fourth-order valence-corrected chi connectivity index (χ4v) is 2.09. The van der Waals surface area contributed by atoms with Crippen LogP contribution < -0.4 is 5.43 Å². The highest BCUT2D eigenvalue weighted by Gasteiger charge is 2.12. The van der Waals surface area contributed by atoms with Crippen LogP contribution in [0.5, 0.6) is 0 Å². The number of nitrogens with one attached hydrogen (secondary N) is 1. The molecule has 0 atom stereocenters. The van der Waals surface area contributed by atoms with Crippen molar-refractivity contribution in [3.05, 3.63) is 63.9 Å². The molecule has 0 bridgehead atoms. The maximum absolute atomic E-state index is 12.2. The van der Waals surface area contributed by atoms with Gasteiger partial charge in [0.15, 0.2) is 0 Å². The Hall–Kier alpha value is -2.51. The molecule has 0 saturated heterocycles. The SMILES string of the molecule is Cc1ccc(C)n1NC(=O)/C(C#N)=C\c1ccccc1Cl. The molecule has 2 rings (SSSR count). The van der Waals surface area contributed by atoms with Crippen LogP contribution in [0, 0.1) is 25.2 Å². The van der Waals surface area contributed by atoms with Gasteiger partial charge in [-0.1, -0.05) is 29.8 Å². The molecule has 1 aromatic heterocycles. The smallest absolute Gasteiger partial charge is 0.267 e. The molecule has 0 fully saturated rings. The van der Waals surface area contributed by atoms with E-state index < -0.39 is 5.91 Å². The van der Waals surface area contributed by atoms with Crippen molar-refractivity contribution in [2.75, 3.05) is 5.43 Å². The lowest BCUT2D eigenvalue weighted by Gasteiger charge is -2.10. The summed E-state index contributed by atoms with van der Waals surface area (Å²) in [4.78, 5) is 12.2. The molecule has 0 aliphatic heterocycles. The molecule has 21 heavy (non-hydrogen) atoms. The highest BCUT2D eigenvalue weighted by Crippen LogP contribution is 2.18. The highest BCUT2D eigenvalue weighted by atomic mass is 35.5. The number of carbonyl (C=O) groups is 1. The molecule has 0 aliphatic rings. The number of nitrogens with zero attached hydrogens (tertiary/aromatic N) is 2. The standard InChI is InChI=1S/C16H14ClN3O/c1-11-7-8-12(2)20(11)19-16(21)14(10-18)9-13-5-3-4-6-15(13)17/h3-9H,1-2H3,(H,19,21)/b14-9-. The van der Waals surface area contributed by atoms with E-state index in [1.165, 1.54) is 6.08 Å². The Bertz CT molecular complexity index is 734. The van der Waals surface area contributed by atoms with Crippen molar-refractivity contribution < 1.29 is 4.79 Å². The van der Waals surface area contributed by atoms with Crippen LogP contribution in [-0.4, -0.2) is 10.6 Å². The molecule has 0 aliphatic carbocycles. The van der Waals surface area contributed by atoms with E-state index in [0.29, 0.717) is 10.6 Å². The predicted molar refractivity (Wildman–Crippen MR) is 83.3 cm³/mol. The van der Waals surface area contributed by atoms with E-state index in [4.69, 9.17) is 11.6 Å². The van der Waals surface area contributed by atoms with Crippen molar-refractivity contribution in [3.8, 4) is 6.07 Å². The van der Waals surface area contributed by atoms with Crippen LogP contribution in [0.3, 0.4) is 0 Å². The molecule has 1 heterocycles. The zero-order valence-electron chi connectivity index (χ0n) is 11.7. The Morgan fingerprint density at radius 3 is 2.43 bits per heavy atom. The number of hydrogen-bond donors (Lipinski definition) is 1. The van der Waals surface area contributed by atoms with Crippen LogP contribution in [0.1, 0.15) is 17.0 Å². The first-order valence-electron chi connectivity index (χ1n) is 6.35. The van der Waals surface area contributed by atoms with E-state index in [-0.39, 0.29) is 5.57 Å². The van der Waals surface area contributed by atoms with Crippen molar-refractivity contribution in [1.82, 2.24) is 4.68 Å². The molecule has 2 aromatic rings. The Morgan fingerprint density at radius 2 is 1.86 bits per heavy atom. The summed E-state index contributed by atoms with van der Waals surface area (Å²) in [5, 5.41) is 9.68.